The highest BCUT2D eigenvalue weighted by atomic mass is 31.2. The average molecular weight is 244 g/mol. The Morgan fingerprint density at radius 1 is 1.38 bits per heavy atom. The topological polar surface area (TPSA) is 76.0 Å². The number of carbonyl (C=O) groups is 1. The smallest absolute Gasteiger partial charge is 0.394 e. The van der Waals surface area contributed by atoms with Gasteiger partial charge in [0.25, 0.3) is 0 Å². The van der Waals surface area contributed by atoms with Gasteiger partial charge in [0.15, 0.2) is 0 Å². The van der Waals surface area contributed by atoms with Crippen LogP contribution in [0, 0.1) is 0 Å². The molecule has 0 aliphatic carbocycles. The molecule has 16 heavy (non-hydrogen) atoms. The summed E-state index contributed by atoms with van der Waals surface area (Å²) in [6, 6.07) is 6.86. The number of aliphatic carboxylic acids is 1. The van der Waals surface area contributed by atoms with E-state index in [-0.39, 0.29) is 6.42 Å². The highest BCUT2D eigenvalue weighted by Gasteiger charge is 2.06. The summed E-state index contributed by atoms with van der Waals surface area (Å²) in [6.45, 7) is 0. The predicted molar refractivity (Wildman–Crippen MR) is 59.2 cm³/mol. The third-order valence-electron chi connectivity index (χ3n) is 1.89. The van der Waals surface area contributed by atoms with Gasteiger partial charge in [0, 0.05) is 13.5 Å². The van der Waals surface area contributed by atoms with Crippen molar-refractivity contribution in [3.8, 4) is 5.75 Å². The molecule has 0 fully saturated rings. The van der Waals surface area contributed by atoms with Gasteiger partial charge in [-0.1, -0.05) is 12.1 Å². The Kier molecular flexibility index (Phi) is 5.19. The molecule has 0 aliphatic rings. The van der Waals surface area contributed by atoms with E-state index in [9.17, 15) is 4.79 Å². The van der Waals surface area contributed by atoms with E-state index in [2.05, 4.69) is 4.52 Å². The number of carboxylic acids is 1. The van der Waals surface area contributed by atoms with E-state index >= 15 is 0 Å². The molecular formula is C10H13O5P. The Morgan fingerprint density at radius 3 is 2.50 bits per heavy atom. The molecule has 0 bridgehead atoms. The van der Waals surface area contributed by atoms with Crippen LogP contribution < -0.4 is 4.52 Å². The van der Waals surface area contributed by atoms with Crippen LogP contribution in [0.25, 0.3) is 0 Å². The van der Waals surface area contributed by atoms with Crippen LogP contribution in [0.1, 0.15) is 12.0 Å². The number of aryl methyl sites for hydroxylation is 1. The predicted octanol–water partition coefficient (Wildman–Crippen LogP) is 1.95. The third-order valence-corrected chi connectivity index (χ3v) is 2.57. The fourth-order valence-corrected chi connectivity index (χ4v) is 1.47. The van der Waals surface area contributed by atoms with Crippen LogP contribution in [0.2, 0.25) is 0 Å². The van der Waals surface area contributed by atoms with E-state index in [1.807, 2.05) is 0 Å². The second-order valence-electron chi connectivity index (χ2n) is 3.05. The molecule has 0 spiro atoms. The molecule has 0 saturated carbocycles. The average Bonchev–Trinajstić information content (AvgIpc) is 2.28. The van der Waals surface area contributed by atoms with E-state index in [0.717, 1.165) is 5.56 Å². The number of benzene rings is 1. The molecule has 2 N–H and O–H groups in total. The van der Waals surface area contributed by atoms with Gasteiger partial charge in [-0.3, -0.25) is 4.79 Å². The van der Waals surface area contributed by atoms with Crippen molar-refractivity contribution in [2.45, 2.75) is 12.8 Å². The second-order valence-corrected chi connectivity index (χ2v) is 4.07. The summed E-state index contributed by atoms with van der Waals surface area (Å²) in [4.78, 5) is 19.5. The standard InChI is InChI=1S/C10H13O5P/c1-14-16(13)15-9-5-2-8(3-6-9)4-7-10(11)12/h2-3,5-6,13H,4,7H2,1H3,(H,11,12). The molecule has 0 saturated heterocycles. The quantitative estimate of drug-likeness (QED) is 0.748. The van der Waals surface area contributed by atoms with Crippen LogP contribution in [-0.2, 0) is 15.7 Å². The lowest BCUT2D eigenvalue weighted by molar-refractivity contribution is -0.136. The number of hydrogen-bond acceptors (Lipinski definition) is 4. The maximum Gasteiger partial charge on any atom is 0.394 e. The third kappa shape index (κ3) is 4.57. The molecule has 5 nitrogen and oxygen atoms in total. The van der Waals surface area contributed by atoms with Crippen LogP contribution >= 0.6 is 8.60 Å². The Balaban J connectivity index is 2.50. The Bertz CT molecular complexity index is 338. The van der Waals surface area contributed by atoms with Crippen molar-refractivity contribution < 1.29 is 23.8 Å². The number of carboxylic acid groups (broad SMARTS) is 1. The first-order chi connectivity index (χ1) is 7.61. The van der Waals surface area contributed by atoms with Crippen molar-refractivity contribution >= 4 is 14.6 Å². The monoisotopic (exact) mass is 244 g/mol. The lowest BCUT2D eigenvalue weighted by atomic mass is 10.1. The molecule has 0 aliphatic heterocycles. The van der Waals surface area contributed by atoms with Crippen molar-refractivity contribution in [2.75, 3.05) is 7.11 Å². The molecule has 1 unspecified atom stereocenters. The van der Waals surface area contributed by atoms with E-state index in [1.165, 1.54) is 7.11 Å². The molecular weight excluding hydrogens is 231 g/mol. The molecule has 88 valence electrons. The summed E-state index contributed by atoms with van der Waals surface area (Å²) in [6.07, 6.45) is 0.582. The summed E-state index contributed by atoms with van der Waals surface area (Å²) < 4.78 is 9.61. The summed E-state index contributed by atoms with van der Waals surface area (Å²) in [5, 5.41) is 8.51. The first kappa shape index (κ1) is 12.9. The van der Waals surface area contributed by atoms with Gasteiger partial charge in [0.2, 0.25) is 0 Å². The van der Waals surface area contributed by atoms with Gasteiger partial charge in [0.1, 0.15) is 5.75 Å². The summed E-state index contributed by atoms with van der Waals surface area (Å²) in [7, 11) is -0.522. The van der Waals surface area contributed by atoms with E-state index < -0.39 is 14.6 Å². The molecule has 6 heteroatoms. The fraction of sp³-hybridized carbons (Fsp3) is 0.300. The van der Waals surface area contributed by atoms with Crippen molar-refractivity contribution in [1.29, 1.82) is 0 Å². The zero-order valence-corrected chi connectivity index (χ0v) is 9.68. The van der Waals surface area contributed by atoms with Gasteiger partial charge in [0.05, 0.1) is 0 Å². The zero-order chi connectivity index (χ0) is 12.0. The molecule has 0 radical (unpaired) electrons. The summed E-state index contributed by atoms with van der Waals surface area (Å²) >= 11 is 0. The minimum atomic E-state index is -1.88. The molecule has 1 atom stereocenters. The van der Waals surface area contributed by atoms with Crippen LogP contribution in [0.3, 0.4) is 0 Å². The van der Waals surface area contributed by atoms with Gasteiger partial charge >= 0.3 is 14.6 Å². The number of hydrogen-bond donors (Lipinski definition) is 2. The number of rotatable bonds is 6. The lowest BCUT2D eigenvalue weighted by Crippen LogP contribution is -1.97. The maximum atomic E-state index is 10.4. The van der Waals surface area contributed by atoms with Crippen LogP contribution in [0.5, 0.6) is 5.75 Å². The van der Waals surface area contributed by atoms with Gasteiger partial charge in [-0.05, 0) is 24.1 Å². The summed E-state index contributed by atoms with van der Waals surface area (Å²) in [5.74, 6) is -0.326. The Labute approximate surface area is 94.6 Å². The lowest BCUT2D eigenvalue weighted by Gasteiger charge is -2.08. The molecule has 1 rings (SSSR count). The van der Waals surface area contributed by atoms with Crippen molar-refractivity contribution in [2.24, 2.45) is 0 Å². The van der Waals surface area contributed by atoms with Crippen molar-refractivity contribution in [1.82, 2.24) is 0 Å². The Hall–Kier alpha value is -1.16. The van der Waals surface area contributed by atoms with Gasteiger partial charge in [-0.2, -0.15) is 0 Å². The van der Waals surface area contributed by atoms with Crippen LogP contribution in [0.4, 0.5) is 0 Å². The van der Waals surface area contributed by atoms with Gasteiger partial charge in [-0.25, -0.2) is 0 Å². The van der Waals surface area contributed by atoms with E-state index in [0.29, 0.717) is 12.2 Å². The molecule has 0 heterocycles. The normalized spacial score (nSPS) is 12.1. The first-order valence-electron chi connectivity index (χ1n) is 4.63. The van der Waals surface area contributed by atoms with E-state index in [1.54, 1.807) is 24.3 Å². The van der Waals surface area contributed by atoms with E-state index in [4.69, 9.17) is 14.5 Å². The first-order valence-corrected chi connectivity index (χ1v) is 5.76. The minimum absolute atomic E-state index is 0.102. The highest BCUT2D eigenvalue weighted by Crippen LogP contribution is 2.33. The van der Waals surface area contributed by atoms with Gasteiger partial charge in [-0.15, -0.1) is 0 Å². The maximum absolute atomic E-state index is 10.4. The molecule has 0 aromatic heterocycles. The zero-order valence-electron chi connectivity index (χ0n) is 8.79. The minimum Gasteiger partial charge on any atom is -0.481 e. The largest absolute Gasteiger partial charge is 0.481 e. The fourth-order valence-electron chi connectivity index (χ4n) is 1.10. The highest BCUT2D eigenvalue weighted by molar-refractivity contribution is 7.41. The summed E-state index contributed by atoms with van der Waals surface area (Å²) in [5.41, 5.74) is 0.912. The van der Waals surface area contributed by atoms with Crippen molar-refractivity contribution in [3.63, 3.8) is 0 Å². The van der Waals surface area contributed by atoms with Crippen LogP contribution in [0.15, 0.2) is 24.3 Å². The SMILES string of the molecule is COP(O)Oc1ccc(CCC(=O)O)cc1. The molecule has 1 aromatic carbocycles. The van der Waals surface area contributed by atoms with Gasteiger partial charge < -0.3 is 19.0 Å². The molecule has 1 aromatic rings. The molecule has 0 amide bonds. The second kappa shape index (κ2) is 6.43. The van der Waals surface area contributed by atoms with Crippen molar-refractivity contribution in [3.05, 3.63) is 29.8 Å². The van der Waals surface area contributed by atoms with Crippen LogP contribution in [-0.4, -0.2) is 23.1 Å². The Morgan fingerprint density at radius 2 is 2.00 bits per heavy atom.